The fourth-order valence-corrected chi connectivity index (χ4v) is 1.46. The predicted molar refractivity (Wildman–Crippen MR) is 44.5 cm³/mol. The highest BCUT2D eigenvalue weighted by atomic mass is 16.5. The number of ether oxygens (including phenoxy) is 1. The Kier molecular flexibility index (Phi) is 3.87. The molecule has 0 radical (unpaired) electrons. The van der Waals surface area contributed by atoms with Crippen LogP contribution in [0.15, 0.2) is 0 Å². The molecule has 1 rings (SSSR count). The highest BCUT2D eigenvalue weighted by Gasteiger charge is 2.22. The van der Waals surface area contributed by atoms with Gasteiger partial charge in [0, 0.05) is 6.61 Å². The number of hydrogen-bond donors (Lipinski definition) is 1. The summed E-state index contributed by atoms with van der Waals surface area (Å²) in [6, 6.07) is 0. The average molecular weight is 158 g/mol. The highest BCUT2D eigenvalue weighted by molar-refractivity contribution is 4.74. The maximum absolute atomic E-state index is 9.18. The molecule has 0 aromatic carbocycles. The van der Waals surface area contributed by atoms with E-state index in [9.17, 15) is 5.11 Å². The Morgan fingerprint density at radius 2 is 2.27 bits per heavy atom. The molecular weight excluding hydrogens is 140 g/mol. The summed E-state index contributed by atoms with van der Waals surface area (Å²) in [5, 5.41) is 9.18. The minimum atomic E-state index is -0.0957. The summed E-state index contributed by atoms with van der Waals surface area (Å²) >= 11 is 0. The van der Waals surface area contributed by atoms with Crippen molar-refractivity contribution in [2.75, 3.05) is 6.61 Å². The van der Waals surface area contributed by atoms with Crippen LogP contribution in [0.25, 0.3) is 0 Å². The Morgan fingerprint density at radius 3 is 2.82 bits per heavy atom. The highest BCUT2D eigenvalue weighted by Crippen LogP contribution is 2.21. The number of unbranched alkanes of at least 4 members (excludes halogenated alkanes) is 1. The van der Waals surface area contributed by atoms with Gasteiger partial charge in [-0.15, -0.1) is 0 Å². The van der Waals surface area contributed by atoms with E-state index in [0.29, 0.717) is 6.10 Å². The fraction of sp³-hybridized carbons (Fsp3) is 1.00. The first-order valence-corrected chi connectivity index (χ1v) is 4.62. The second-order valence-electron chi connectivity index (χ2n) is 3.31. The molecule has 0 aromatic rings. The van der Waals surface area contributed by atoms with Gasteiger partial charge < -0.3 is 9.84 Å². The van der Waals surface area contributed by atoms with Gasteiger partial charge in [0.15, 0.2) is 0 Å². The summed E-state index contributed by atoms with van der Waals surface area (Å²) in [4.78, 5) is 0. The predicted octanol–water partition coefficient (Wildman–Crippen LogP) is 1.72. The lowest BCUT2D eigenvalue weighted by atomic mass is 10.3. The van der Waals surface area contributed by atoms with E-state index < -0.39 is 0 Å². The first-order chi connectivity index (χ1) is 5.33. The Balaban J connectivity index is 1.99. The Hall–Kier alpha value is -0.0800. The van der Waals surface area contributed by atoms with Gasteiger partial charge in [-0.3, -0.25) is 0 Å². The molecule has 66 valence electrons. The van der Waals surface area contributed by atoms with E-state index in [2.05, 4.69) is 6.92 Å². The van der Waals surface area contributed by atoms with Crippen molar-refractivity contribution in [3.63, 3.8) is 0 Å². The number of aliphatic hydroxyl groups excluding tert-OH is 1. The molecule has 2 heteroatoms. The van der Waals surface area contributed by atoms with Crippen LogP contribution in [-0.2, 0) is 4.74 Å². The van der Waals surface area contributed by atoms with Gasteiger partial charge in [-0.2, -0.15) is 0 Å². The van der Waals surface area contributed by atoms with E-state index in [1.165, 1.54) is 6.42 Å². The van der Waals surface area contributed by atoms with Gasteiger partial charge in [-0.1, -0.05) is 13.3 Å². The summed E-state index contributed by atoms with van der Waals surface area (Å²) in [7, 11) is 0. The molecule has 1 saturated carbocycles. The summed E-state index contributed by atoms with van der Waals surface area (Å²) in [6.07, 6.45) is 5.41. The molecule has 11 heavy (non-hydrogen) atoms. The largest absolute Gasteiger partial charge is 0.393 e. The second kappa shape index (κ2) is 4.73. The number of hydrogen-bond acceptors (Lipinski definition) is 2. The van der Waals surface area contributed by atoms with E-state index in [0.717, 1.165) is 32.3 Å². The van der Waals surface area contributed by atoms with Crippen molar-refractivity contribution in [1.29, 1.82) is 0 Å². The van der Waals surface area contributed by atoms with Crippen LogP contribution in [0.4, 0.5) is 0 Å². The topological polar surface area (TPSA) is 29.5 Å². The number of aliphatic hydroxyl groups is 1. The maximum Gasteiger partial charge on any atom is 0.0600 e. The van der Waals surface area contributed by atoms with E-state index >= 15 is 0 Å². The van der Waals surface area contributed by atoms with Crippen molar-refractivity contribution in [3.05, 3.63) is 0 Å². The van der Waals surface area contributed by atoms with Crippen LogP contribution in [0.1, 0.15) is 39.0 Å². The van der Waals surface area contributed by atoms with Gasteiger partial charge in [0.25, 0.3) is 0 Å². The zero-order valence-electron chi connectivity index (χ0n) is 7.25. The van der Waals surface area contributed by atoms with Crippen molar-refractivity contribution >= 4 is 0 Å². The van der Waals surface area contributed by atoms with Gasteiger partial charge >= 0.3 is 0 Å². The van der Waals surface area contributed by atoms with Crippen LogP contribution in [0, 0.1) is 0 Å². The Bertz CT molecular complexity index is 104. The lowest BCUT2D eigenvalue weighted by Crippen LogP contribution is -2.10. The van der Waals surface area contributed by atoms with E-state index in [4.69, 9.17) is 4.74 Å². The Morgan fingerprint density at radius 1 is 1.45 bits per heavy atom. The van der Waals surface area contributed by atoms with Gasteiger partial charge in [-0.25, -0.2) is 0 Å². The standard InChI is InChI=1S/C9H18O2/c1-2-3-6-11-9-5-4-8(10)7-9/h8-10H,2-7H2,1H3/t8-,9+/m0/s1. The monoisotopic (exact) mass is 158 g/mol. The minimum absolute atomic E-state index is 0.0957. The molecule has 1 N–H and O–H groups in total. The molecule has 0 heterocycles. The van der Waals surface area contributed by atoms with E-state index in [-0.39, 0.29) is 6.10 Å². The summed E-state index contributed by atoms with van der Waals surface area (Å²) in [6.45, 7) is 3.03. The molecule has 0 unspecified atom stereocenters. The van der Waals surface area contributed by atoms with Crippen LogP contribution >= 0.6 is 0 Å². The third kappa shape index (κ3) is 3.21. The van der Waals surface area contributed by atoms with Crippen molar-refractivity contribution < 1.29 is 9.84 Å². The number of rotatable bonds is 4. The van der Waals surface area contributed by atoms with E-state index in [1.54, 1.807) is 0 Å². The quantitative estimate of drug-likeness (QED) is 0.631. The molecule has 2 atom stereocenters. The molecule has 1 fully saturated rings. The van der Waals surface area contributed by atoms with Crippen LogP contribution in [-0.4, -0.2) is 23.9 Å². The fourth-order valence-electron chi connectivity index (χ4n) is 1.46. The molecule has 2 nitrogen and oxygen atoms in total. The SMILES string of the molecule is CCCCO[C@@H]1CC[C@H](O)C1. The van der Waals surface area contributed by atoms with Crippen molar-refractivity contribution in [1.82, 2.24) is 0 Å². The van der Waals surface area contributed by atoms with E-state index in [1.807, 2.05) is 0 Å². The van der Waals surface area contributed by atoms with Gasteiger partial charge in [0.05, 0.1) is 12.2 Å². The third-order valence-corrected chi connectivity index (χ3v) is 2.21. The van der Waals surface area contributed by atoms with Gasteiger partial charge in [0.2, 0.25) is 0 Å². The van der Waals surface area contributed by atoms with Crippen molar-refractivity contribution in [2.24, 2.45) is 0 Å². The second-order valence-corrected chi connectivity index (χ2v) is 3.31. The van der Waals surface area contributed by atoms with Crippen LogP contribution < -0.4 is 0 Å². The molecular formula is C9H18O2. The first kappa shape index (κ1) is 9.01. The van der Waals surface area contributed by atoms with Crippen molar-refractivity contribution in [2.45, 2.75) is 51.2 Å². The van der Waals surface area contributed by atoms with Gasteiger partial charge in [-0.05, 0) is 25.7 Å². The molecule has 0 saturated heterocycles. The molecule has 1 aliphatic carbocycles. The smallest absolute Gasteiger partial charge is 0.0600 e. The zero-order valence-corrected chi connectivity index (χ0v) is 7.25. The third-order valence-electron chi connectivity index (χ3n) is 2.21. The average Bonchev–Trinajstić information content (AvgIpc) is 2.37. The summed E-state index contributed by atoms with van der Waals surface area (Å²) < 4.78 is 5.55. The molecule has 1 aliphatic rings. The lowest BCUT2D eigenvalue weighted by Gasteiger charge is -2.09. The molecule has 0 bridgehead atoms. The molecule has 0 aromatic heterocycles. The molecule has 0 amide bonds. The van der Waals surface area contributed by atoms with Crippen LogP contribution in [0.5, 0.6) is 0 Å². The van der Waals surface area contributed by atoms with Crippen LogP contribution in [0.2, 0.25) is 0 Å². The Labute approximate surface area is 68.6 Å². The minimum Gasteiger partial charge on any atom is -0.393 e. The maximum atomic E-state index is 9.18. The van der Waals surface area contributed by atoms with Crippen LogP contribution in [0.3, 0.4) is 0 Å². The normalized spacial score (nSPS) is 31.1. The lowest BCUT2D eigenvalue weighted by molar-refractivity contribution is 0.0457. The molecule has 0 aliphatic heterocycles. The first-order valence-electron chi connectivity index (χ1n) is 4.62. The summed E-state index contributed by atoms with van der Waals surface area (Å²) in [5.74, 6) is 0. The zero-order chi connectivity index (χ0) is 8.10. The van der Waals surface area contributed by atoms with Gasteiger partial charge in [0.1, 0.15) is 0 Å². The van der Waals surface area contributed by atoms with Crippen molar-refractivity contribution in [3.8, 4) is 0 Å². The molecule has 0 spiro atoms. The summed E-state index contributed by atoms with van der Waals surface area (Å²) in [5.41, 5.74) is 0.